The van der Waals surface area contributed by atoms with E-state index in [1.807, 2.05) is 60.7 Å². The molecule has 0 saturated heterocycles. The number of aryl methyl sites for hydroxylation is 2. The van der Waals surface area contributed by atoms with Crippen molar-refractivity contribution in [1.82, 2.24) is 9.38 Å². The fourth-order valence-electron chi connectivity index (χ4n) is 2.60. The summed E-state index contributed by atoms with van der Waals surface area (Å²) in [4.78, 5) is 16.1. The van der Waals surface area contributed by atoms with Crippen LogP contribution in [0.15, 0.2) is 42.5 Å². The first-order valence-electron chi connectivity index (χ1n) is 6.88. The Morgan fingerprint density at radius 1 is 1.14 bits per heavy atom. The number of carbonyl (C=O) groups is 1. The van der Waals surface area contributed by atoms with E-state index in [1.54, 1.807) is 0 Å². The summed E-state index contributed by atoms with van der Waals surface area (Å²) < 4.78 is 2.00. The van der Waals surface area contributed by atoms with Crippen LogP contribution in [0.3, 0.4) is 0 Å². The van der Waals surface area contributed by atoms with Gasteiger partial charge in [-0.3, -0.25) is 4.79 Å². The Kier molecular flexibility index (Phi) is 3.22. The number of carbonyl (C=O) groups excluding carboxylic acids is 1. The van der Waals surface area contributed by atoms with E-state index >= 15 is 0 Å². The lowest BCUT2D eigenvalue weighted by Crippen LogP contribution is -2.16. The van der Waals surface area contributed by atoms with E-state index in [2.05, 4.69) is 4.98 Å². The fraction of sp³-hybridized carbons (Fsp3) is 0.176. The number of nitrogens with two attached hydrogens (primary N) is 1. The SMILES string of the molecule is Cc1ccc(-c2nc3cccc(C)n3c2CC(N)=O)cc1. The molecule has 106 valence electrons. The van der Waals surface area contributed by atoms with Crippen molar-refractivity contribution in [2.75, 3.05) is 0 Å². The molecule has 2 heterocycles. The topological polar surface area (TPSA) is 60.4 Å². The maximum absolute atomic E-state index is 11.4. The van der Waals surface area contributed by atoms with E-state index in [0.717, 1.165) is 28.3 Å². The van der Waals surface area contributed by atoms with Crippen LogP contribution >= 0.6 is 0 Å². The van der Waals surface area contributed by atoms with Gasteiger partial charge in [0.2, 0.25) is 5.91 Å². The Balaban J connectivity index is 2.28. The van der Waals surface area contributed by atoms with Crippen LogP contribution < -0.4 is 5.73 Å². The second-order valence-corrected chi connectivity index (χ2v) is 5.28. The monoisotopic (exact) mass is 279 g/mol. The van der Waals surface area contributed by atoms with Crippen LogP contribution in [-0.4, -0.2) is 15.3 Å². The van der Waals surface area contributed by atoms with Crippen LogP contribution in [-0.2, 0) is 11.2 Å². The molecule has 0 spiro atoms. The first-order chi connectivity index (χ1) is 10.1. The minimum Gasteiger partial charge on any atom is -0.369 e. The van der Waals surface area contributed by atoms with Crippen molar-refractivity contribution in [1.29, 1.82) is 0 Å². The molecule has 21 heavy (non-hydrogen) atoms. The quantitative estimate of drug-likeness (QED) is 0.801. The maximum atomic E-state index is 11.4. The third kappa shape index (κ3) is 2.40. The first kappa shape index (κ1) is 13.4. The number of hydrogen-bond acceptors (Lipinski definition) is 2. The summed E-state index contributed by atoms with van der Waals surface area (Å²) in [6, 6.07) is 14.0. The fourth-order valence-corrected chi connectivity index (χ4v) is 2.60. The normalized spacial score (nSPS) is 11.0. The van der Waals surface area contributed by atoms with Crippen LogP contribution in [0.4, 0.5) is 0 Å². The highest BCUT2D eigenvalue weighted by atomic mass is 16.1. The average Bonchev–Trinajstić information content (AvgIpc) is 2.79. The summed E-state index contributed by atoms with van der Waals surface area (Å²) in [5.74, 6) is -0.353. The van der Waals surface area contributed by atoms with Gasteiger partial charge in [-0.15, -0.1) is 0 Å². The van der Waals surface area contributed by atoms with Crippen LogP contribution in [0.25, 0.3) is 16.9 Å². The summed E-state index contributed by atoms with van der Waals surface area (Å²) in [6.07, 6.45) is 0.176. The van der Waals surface area contributed by atoms with Crippen molar-refractivity contribution in [3.63, 3.8) is 0 Å². The Labute approximate surface area is 123 Å². The number of primary amides is 1. The van der Waals surface area contributed by atoms with Gasteiger partial charge in [0.25, 0.3) is 0 Å². The summed E-state index contributed by atoms with van der Waals surface area (Å²) in [7, 11) is 0. The Hall–Kier alpha value is -2.62. The predicted octanol–water partition coefficient (Wildman–Crippen LogP) is 2.65. The summed E-state index contributed by atoms with van der Waals surface area (Å²) in [6.45, 7) is 4.04. The molecule has 3 aromatic rings. The van der Waals surface area contributed by atoms with E-state index in [1.165, 1.54) is 5.56 Å². The van der Waals surface area contributed by atoms with Gasteiger partial charge in [-0.25, -0.2) is 4.98 Å². The molecule has 0 fully saturated rings. The molecule has 0 aliphatic carbocycles. The zero-order valence-corrected chi connectivity index (χ0v) is 12.1. The van der Waals surface area contributed by atoms with Crippen molar-refractivity contribution < 1.29 is 4.79 Å². The van der Waals surface area contributed by atoms with Crippen molar-refractivity contribution in [3.05, 3.63) is 59.4 Å². The molecule has 4 heteroatoms. The average molecular weight is 279 g/mol. The molecule has 4 nitrogen and oxygen atoms in total. The minimum atomic E-state index is -0.353. The van der Waals surface area contributed by atoms with Gasteiger partial charge in [0, 0.05) is 11.3 Å². The van der Waals surface area contributed by atoms with Gasteiger partial charge in [0.1, 0.15) is 5.65 Å². The molecular formula is C17H17N3O. The highest BCUT2D eigenvalue weighted by molar-refractivity contribution is 5.80. The minimum absolute atomic E-state index is 0.176. The lowest BCUT2D eigenvalue weighted by molar-refractivity contribution is -0.117. The molecular weight excluding hydrogens is 262 g/mol. The molecule has 1 aromatic carbocycles. The highest BCUT2D eigenvalue weighted by Gasteiger charge is 2.16. The standard InChI is InChI=1S/C17H17N3O/c1-11-6-8-13(9-7-11)17-14(10-15(18)21)20-12(2)4-3-5-16(20)19-17/h3-9H,10H2,1-2H3,(H2,18,21). The molecule has 0 bridgehead atoms. The van der Waals surface area contributed by atoms with Crippen LogP contribution in [0.2, 0.25) is 0 Å². The molecule has 2 aromatic heterocycles. The smallest absolute Gasteiger partial charge is 0.223 e. The molecule has 0 aliphatic rings. The van der Waals surface area contributed by atoms with Gasteiger partial charge in [0.05, 0.1) is 17.8 Å². The van der Waals surface area contributed by atoms with E-state index in [0.29, 0.717) is 0 Å². The van der Waals surface area contributed by atoms with Gasteiger partial charge in [-0.1, -0.05) is 35.9 Å². The van der Waals surface area contributed by atoms with Crippen LogP contribution in [0, 0.1) is 13.8 Å². The number of hydrogen-bond donors (Lipinski definition) is 1. The van der Waals surface area contributed by atoms with Crippen molar-refractivity contribution in [2.45, 2.75) is 20.3 Å². The zero-order chi connectivity index (χ0) is 15.0. The zero-order valence-electron chi connectivity index (χ0n) is 12.1. The maximum Gasteiger partial charge on any atom is 0.223 e. The molecule has 0 saturated carbocycles. The second kappa shape index (κ2) is 5.05. The van der Waals surface area contributed by atoms with E-state index in [4.69, 9.17) is 5.73 Å². The van der Waals surface area contributed by atoms with Gasteiger partial charge in [0.15, 0.2) is 0 Å². The molecule has 0 atom stereocenters. The Morgan fingerprint density at radius 2 is 1.86 bits per heavy atom. The molecule has 3 rings (SSSR count). The summed E-state index contributed by atoms with van der Waals surface area (Å²) in [5.41, 5.74) is 11.1. The summed E-state index contributed by atoms with van der Waals surface area (Å²) >= 11 is 0. The van der Waals surface area contributed by atoms with Crippen LogP contribution in [0.1, 0.15) is 17.0 Å². The lowest BCUT2D eigenvalue weighted by atomic mass is 10.1. The number of fused-ring (bicyclic) bond motifs is 1. The number of aromatic nitrogens is 2. The van der Waals surface area contributed by atoms with Gasteiger partial charge in [-0.2, -0.15) is 0 Å². The number of amides is 1. The second-order valence-electron chi connectivity index (χ2n) is 5.28. The largest absolute Gasteiger partial charge is 0.369 e. The third-order valence-electron chi connectivity index (χ3n) is 3.60. The Morgan fingerprint density at radius 3 is 2.52 bits per heavy atom. The number of imidazole rings is 1. The Bertz CT molecular complexity index is 816. The number of rotatable bonds is 3. The number of pyridine rings is 1. The van der Waals surface area contributed by atoms with Crippen molar-refractivity contribution in [2.24, 2.45) is 5.73 Å². The van der Waals surface area contributed by atoms with Gasteiger partial charge in [-0.05, 0) is 26.0 Å². The molecule has 1 amide bonds. The molecule has 0 radical (unpaired) electrons. The first-order valence-corrected chi connectivity index (χ1v) is 6.88. The predicted molar refractivity (Wildman–Crippen MR) is 83.0 cm³/mol. The number of nitrogens with zero attached hydrogens (tertiary/aromatic N) is 2. The van der Waals surface area contributed by atoms with Gasteiger partial charge < -0.3 is 10.1 Å². The lowest BCUT2D eigenvalue weighted by Gasteiger charge is -2.06. The molecule has 0 unspecified atom stereocenters. The van der Waals surface area contributed by atoms with E-state index < -0.39 is 0 Å². The molecule has 0 aliphatic heterocycles. The van der Waals surface area contributed by atoms with E-state index in [9.17, 15) is 4.79 Å². The summed E-state index contributed by atoms with van der Waals surface area (Å²) in [5, 5.41) is 0. The van der Waals surface area contributed by atoms with Crippen molar-refractivity contribution >= 4 is 11.6 Å². The third-order valence-corrected chi connectivity index (χ3v) is 3.60. The van der Waals surface area contributed by atoms with E-state index in [-0.39, 0.29) is 12.3 Å². The molecule has 2 N–H and O–H groups in total. The van der Waals surface area contributed by atoms with Gasteiger partial charge >= 0.3 is 0 Å². The van der Waals surface area contributed by atoms with Crippen molar-refractivity contribution in [3.8, 4) is 11.3 Å². The highest BCUT2D eigenvalue weighted by Crippen LogP contribution is 2.26. The number of benzene rings is 1. The van der Waals surface area contributed by atoms with Crippen LogP contribution in [0.5, 0.6) is 0 Å².